The van der Waals surface area contributed by atoms with Gasteiger partial charge in [0.05, 0.1) is 0 Å². The van der Waals surface area contributed by atoms with Crippen LogP contribution in [0.5, 0.6) is 0 Å². The molecule has 0 unspecified atom stereocenters. The van der Waals surface area contributed by atoms with E-state index in [2.05, 4.69) is 12.1 Å². The molecular weight excluding hydrogens is 324 g/mol. The van der Waals surface area contributed by atoms with E-state index in [0.29, 0.717) is 13.1 Å². The first-order valence-electron chi connectivity index (χ1n) is 9.21. The number of carbonyl (C=O) groups is 2. The van der Waals surface area contributed by atoms with Crippen molar-refractivity contribution in [3.63, 3.8) is 0 Å². The zero-order valence-corrected chi connectivity index (χ0v) is 14.7. The number of carbonyl (C=O) groups excluding carboxylic acids is 2. The van der Waals surface area contributed by atoms with Crippen molar-refractivity contribution >= 4 is 23.2 Å². The van der Waals surface area contributed by atoms with Gasteiger partial charge in [0, 0.05) is 36.6 Å². The maximum absolute atomic E-state index is 12.7. The Hall–Kier alpha value is -2.88. The highest BCUT2D eigenvalue weighted by molar-refractivity contribution is 6.09. The highest BCUT2D eigenvalue weighted by Crippen LogP contribution is 2.28. The van der Waals surface area contributed by atoms with E-state index in [4.69, 9.17) is 0 Å². The summed E-state index contributed by atoms with van der Waals surface area (Å²) in [5, 5.41) is 0. The minimum atomic E-state index is -0.129. The van der Waals surface area contributed by atoms with Crippen molar-refractivity contribution in [1.82, 2.24) is 0 Å². The average molecular weight is 346 g/mol. The zero-order chi connectivity index (χ0) is 17.9. The van der Waals surface area contributed by atoms with Crippen LogP contribution in [0, 0.1) is 0 Å². The largest absolute Gasteiger partial charge is 0.309 e. The first-order valence-corrected chi connectivity index (χ1v) is 9.21. The van der Waals surface area contributed by atoms with Crippen molar-refractivity contribution in [3.8, 4) is 0 Å². The van der Waals surface area contributed by atoms with Crippen LogP contribution >= 0.6 is 0 Å². The van der Waals surface area contributed by atoms with E-state index in [0.717, 1.165) is 37.1 Å². The molecule has 2 aliphatic rings. The minimum Gasteiger partial charge on any atom is -0.309 e. The Balaban J connectivity index is 1.51. The molecule has 4 rings (SSSR count). The van der Waals surface area contributed by atoms with Gasteiger partial charge in [-0.25, -0.2) is 0 Å². The Morgan fingerprint density at radius 3 is 1.58 bits per heavy atom. The lowest BCUT2D eigenvalue weighted by molar-refractivity contribution is -0.116. The van der Waals surface area contributed by atoms with Crippen LogP contribution in [0.15, 0.2) is 60.7 Å². The number of rotatable bonds is 2. The standard InChI is InChI=1S/C22H22N2O2/c25-21(23-15-5-9-17-7-1-3-11-19(17)23)13-14-22(26)24-16-6-10-18-8-2-4-12-20(18)24/h1-4,7-8,11-14H,5-6,9-10,15-16H2/b14-13+. The maximum Gasteiger partial charge on any atom is 0.251 e. The van der Waals surface area contributed by atoms with Gasteiger partial charge in [0.25, 0.3) is 11.8 Å². The first-order chi connectivity index (χ1) is 12.7. The number of aryl methyl sites for hydroxylation is 2. The molecule has 0 aromatic heterocycles. The summed E-state index contributed by atoms with van der Waals surface area (Å²) in [6, 6.07) is 16.0. The topological polar surface area (TPSA) is 40.6 Å². The van der Waals surface area contributed by atoms with Gasteiger partial charge in [-0.2, -0.15) is 0 Å². The molecule has 2 aliphatic heterocycles. The Kier molecular flexibility index (Phi) is 4.57. The van der Waals surface area contributed by atoms with E-state index >= 15 is 0 Å². The Morgan fingerprint density at radius 2 is 1.12 bits per heavy atom. The van der Waals surface area contributed by atoms with Crippen molar-refractivity contribution in [1.29, 1.82) is 0 Å². The third-order valence-corrected chi connectivity index (χ3v) is 5.12. The quantitative estimate of drug-likeness (QED) is 0.781. The molecule has 132 valence electrons. The molecular formula is C22H22N2O2. The van der Waals surface area contributed by atoms with Gasteiger partial charge in [-0.1, -0.05) is 36.4 Å². The fourth-order valence-corrected chi connectivity index (χ4v) is 3.85. The van der Waals surface area contributed by atoms with Crippen LogP contribution in [0.2, 0.25) is 0 Å². The number of fused-ring (bicyclic) bond motifs is 2. The molecule has 0 bridgehead atoms. The number of para-hydroxylation sites is 2. The molecule has 0 radical (unpaired) electrons. The highest BCUT2D eigenvalue weighted by Gasteiger charge is 2.23. The van der Waals surface area contributed by atoms with Crippen LogP contribution < -0.4 is 9.80 Å². The van der Waals surface area contributed by atoms with Gasteiger partial charge >= 0.3 is 0 Å². The number of amides is 2. The number of hydrogen-bond donors (Lipinski definition) is 0. The Bertz CT molecular complexity index is 800. The van der Waals surface area contributed by atoms with Crippen LogP contribution in [-0.2, 0) is 22.4 Å². The Labute approximate surface area is 153 Å². The lowest BCUT2D eigenvalue weighted by atomic mass is 10.0. The van der Waals surface area contributed by atoms with Crippen LogP contribution in [0.1, 0.15) is 24.0 Å². The van der Waals surface area contributed by atoms with Crippen LogP contribution in [0.4, 0.5) is 11.4 Å². The van der Waals surface area contributed by atoms with Gasteiger partial charge in [-0.15, -0.1) is 0 Å². The molecule has 4 heteroatoms. The van der Waals surface area contributed by atoms with Crippen LogP contribution in [0.3, 0.4) is 0 Å². The number of anilines is 2. The lowest BCUT2D eigenvalue weighted by Gasteiger charge is -2.29. The van der Waals surface area contributed by atoms with E-state index in [1.807, 2.05) is 36.4 Å². The van der Waals surface area contributed by atoms with E-state index in [1.54, 1.807) is 9.80 Å². The lowest BCUT2D eigenvalue weighted by Crippen LogP contribution is -2.36. The minimum absolute atomic E-state index is 0.129. The SMILES string of the molecule is O=C(/C=C/C(=O)N1CCCc2ccccc21)N1CCCc2ccccc21. The predicted molar refractivity (Wildman–Crippen MR) is 103 cm³/mol. The number of hydrogen-bond acceptors (Lipinski definition) is 2. The fraction of sp³-hybridized carbons (Fsp3) is 0.273. The van der Waals surface area contributed by atoms with E-state index in [-0.39, 0.29) is 11.8 Å². The second-order valence-electron chi connectivity index (χ2n) is 6.78. The Morgan fingerprint density at radius 1 is 0.692 bits per heavy atom. The molecule has 2 amide bonds. The first kappa shape index (κ1) is 16.6. The second kappa shape index (κ2) is 7.16. The summed E-state index contributed by atoms with van der Waals surface area (Å²) >= 11 is 0. The van der Waals surface area contributed by atoms with Crippen LogP contribution in [0.25, 0.3) is 0 Å². The van der Waals surface area contributed by atoms with Gasteiger partial charge in [-0.05, 0) is 48.9 Å². The van der Waals surface area contributed by atoms with Crippen molar-refractivity contribution < 1.29 is 9.59 Å². The number of nitrogens with zero attached hydrogens (tertiary/aromatic N) is 2. The molecule has 26 heavy (non-hydrogen) atoms. The molecule has 4 nitrogen and oxygen atoms in total. The third kappa shape index (κ3) is 3.15. The number of benzene rings is 2. The molecule has 0 aliphatic carbocycles. The second-order valence-corrected chi connectivity index (χ2v) is 6.78. The maximum atomic E-state index is 12.7. The summed E-state index contributed by atoms with van der Waals surface area (Å²) in [6.07, 6.45) is 6.72. The normalized spacial score (nSPS) is 16.3. The molecule has 0 saturated heterocycles. The van der Waals surface area contributed by atoms with E-state index in [9.17, 15) is 9.59 Å². The van der Waals surface area contributed by atoms with Crippen molar-refractivity contribution in [2.24, 2.45) is 0 Å². The molecule has 0 fully saturated rings. The van der Waals surface area contributed by atoms with Gasteiger partial charge in [0.15, 0.2) is 0 Å². The van der Waals surface area contributed by atoms with Crippen LogP contribution in [-0.4, -0.2) is 24.9 Å². The smallest absolute Gasteiger partial charge is 0.251 e. The summed E-state index contributed by atoms with van der Waals surface area (Å²) in [4.78, 5) is 28.9. The monoisotopic (exact) mass is 346 g/mol. The average Bonchev–Trinajstić information content (AvgIpc) is 2.71. The summed E-state index contributed by atoms with van der Waals surface area (Å²) in [6.45, 7) is 1.39. The van der Waals surface area contributed by atoms with Gasteiger partial charge in [-0.3, -0.25) is 9.59 Å². The van der Waals surface area contributed by atoms with E-state index in [1.165, 1.54) is 23.3 Å². The van der Waals surface area contributed by atoms with Gasteiger partial charge in [0.1, 0.15) is 0 Å². The molecule has 2 heterocycles. The van der Waals surface area contributed by atoms with E-state index < -0.39 is 0 Å². The molecule has 2 aromatic rings. The summed E-state index contributed by atoms with van der Waals surface area (Å²) < 4.78 is 0. The van der Waals surface area contributed by atoms with Crippen molar-refractivity contribution in [3.05, 3.63) is 71.8 Å². The third-order valence-electron chi connectivity index (χ3n) is 5.12. The van der Waals surface area contributed by atoms with Gasteiger partial charge < -0.3 is 9.80 Å². The highest BCUT2D eigenvalue weighted by atomic mass is 16.2. The van der Waals surface area contributed by atoms with Crippen molar-refractivity contribution in [2.45, 2.75) is 25.7 Å². The fourth-order valence-electron chi connectivity index (χ4n) is 3.85. The van der Waals surface area contributed by atoms with Crippen molar-refractivity contribution in [2.75, 3.05) is 22.9 Å². The summed E-state index contributed by atoms with van der Waals surface area (Å²) in [5.41, 5.74) is 4.31. The summed E-state index contributed by atoms with van der Waals surface area (Å²) in [5.74, 6) is -0.258. The molecule has 0 spiro atoms. The molecule has 0 atom stereocenters. The molecule has 0 N–H and O–H groups in total. The van der Waals surface area contributed by atoms with Gasteiger partial charge in [0.2, 0.25) is 0 Å². The molecule has 2 aromatic carbocycles. The zero-order valence-electron chi connectivity index (χ0n) is 14.7. The predicted octanol–water partition coefficient (Wildman–Crippen LogP) is 3.50. The summed E-state index contributed by atoms with van der Waals surface area (Å²) in [7, 11) is 0. The molecule has 0 saturated carbocycles.